The summed E-state index contributed by atoms with van der Waals surface area (Å²) >= 11 is 0. The van der Waals surface area contributed by atoms with Crippen molar-refractivity contribution in [2.45, 2.75) is 34.1 Å². The second-order valence-electron chi connectivity index (χ2n) is 5.42. The van der Waals surface area contributed by atoms with Gasteiger partial charge in [0, 0.05) is 33.1 Å². The van der Waals surface area contributed by atoms with E-state index in [4.69, 9.17) is 0 Å². The number of benzene rings is 1. The summed E-state index contributed by atoms with van der Waals surface area (Å²) in [7, 11) is 0. The van der Waals surface area contributed by atoms with Crippen molar-refractivity contribution < 1.29 is 4.79 Å². The molecular formula is C17H29IN4O. The van der Waals surface area contributed by atoms with Gasteiger partial charge >= 0.3 is 0 Å². The van der Waals surface area contributed by atoms with Gasteiger partial charge in [0.05, 0.1) is 0 Å². The van der Waals surface area contributed by atoms with Crippen LogP contribution in [0.4, 0.5) is 0 Å². The van der Waals surface area contributed by atoms with Gasteiger partial charge in [-0.3, -0.25) is 9.79 Å². The lowest BCUT2D eigenvalue weighted by Crippen LogP contribution is -2.41. The number of nitrogens with zero attached hydrogens (tertiary/aromatic N) is 1. The molecule has 0 aliphatic heterocycles. The van der Waals surface area contributed by atoms with Gasteiger partial charge in [-0.2, -0.15) is 0 Å². The third-order valence-electron chi connectivity index (χ3n) is 3.09. The Kier molecular flexibility index (Phi) is 11.5. The summed E-state index contributed by atoms with van der Waals surface area (Å²) in [5.74, 6) is 0.774. The van der Waals surface area contributed by atoms with Crippen molar-refractivity contribution in [2.24, 2.45) is 4.99 Å². The lowest BCUT2D eigenvalue weighted by atomic mass is 10.1. The van der Waals surface area contributed by atoms with Crippen LogP contribution in [0.3, 0.4) is 0 Å². The number of aliphatic imine (C=N–C) groups is 1. The summed E-state index contributed by atoms with van der Waals surface area (Å²) in [5.41, 5.74) is 3.90. The molecule has 0 saturated carbocycles. The Labute approximate surface area is 156 Å². The molecule has 0 unspecified atom stereocenters. The molecular weight excluding hydrogens is 403 g/mol. The largest absolute Gasteiger partial charge is 0.357 e. The monoisotopic (exact) mass is 432 g/mol. The molecule has 5 nitrogen and oxygen atoms in total. The number of hydrogen-bond donors (Lipinski definition) is 3. The molecule has 130 valence electrons. The summed E-state index contributed by atoms with van der Waals surface area (Å²) in [6, 6.07) is 6.60. The molecule has 0 spiro atoms. The molecule has 0 atom stereocenters. The minimum absolute atomic E-state index is 0. The van der Waals surface area contributed by atoms with Crippen LogP contribution >= 0.6 is 24.0 Å². The number of hydrogen-bond acceptors (Lipinski definition) is 2. The first-order chi connectivity index (χ1) is 10.5. The molecule has 0 saturated heterocycles. The van der Waals surface area contributed by atoms with Gasteiger partial charge in [0.15, 0.2) is 5.96 Å². The number of carbonyl (C=O) groups excluding carboxylic acids is 1. The summed E-state index contributed by atoms with van der Waals surface area (Å²) in [5, 5.41) is 9.17. The number of nitrogens with one attached hydrogen (secondary N) is 3. The van der Waals surface area contributed by atoms with Crippen molar-refractivity contribution in [3.05, 3.63) is 34.9 Å². The number of aryl methyl sites for hydroxylation is 2. The highest BCUT2D eigenvalue weighted by molar-refractivity contribution is 14.0. The van der Waals surface area contributed by atoms with Crippen LogP contribution in [-0.4, -0.2) is 38.0 Å². The van der Waals surface area contributed by atoms with Gasteiger partial charge in [0.25, 0.3) is 0 Å². The van der Waals surface area contributed by atoms with Gasteiger partial charge in [-0.05, 0) is 32.8 Å². The van der Waals surface area contributed by atoms with E-state index >= 15 is 0 Å². The minimum Gasteiger partial charge on any atom is -0.357 e. The highest BCUT2D eigenvalue weighted by Crippen LogP contribution is 2.09. The zero-order valence-electron chi connectivity index (χ0n) is 14.5. The molecule has 0 aromatic heterocycles. The zero-order valence-corrected chi connectivity index (χ0v) is 16.9. The molecule has 0 bridgehead atoms. The molecule has 3 N–H and O–H groups in total. The summed E-state index contributed by atoms with van der Waals surface area (Å²) < 4.78 is 0. The Balaban J connectivity index is 0.00000484. The van der Waals surface area contributed by atoms with Crippen LogP contribution in [0, 0.1) is 13.8 Å². The van der Waals surface area contributed by atoms with E-state index in [1.54, 1.807) is 0 Å². The fourth-order valence-electron chi connectivity index (χ4n) is 2.27. The van der Waals surface area contributed by atoms with E-state index in [-0.39, 0.29) is 29.9 Å². The van der Waals surface area contributed by atoms with Crippen LogP contribution in [0.25, 0.3) is 0 Å². The fourth-order valence-corrected chi connectivity index (χ4v) is 2.27. The van der Waals surface area contributed by atoms with E-state index in [1.807, 2.05) is 6.92 Å². The molecule has 1 amide bonds. The molecule has 1 aromatic rings. The first kappa shape index (κ1) is 21.7. The van der Waals surface area contributed by atoms with E-state index < -0.39 is 0 Å². The molecule has 0 aliphatic rings. The summed E-state index contributed by atoms with van der Waals surface area (Å²) in [6.45, 7) is 10.6. The lowest BCUT2D eigenvalue weighted by Gasteiger charge is -2.11. The highest BCUT2D eigenvalue weighted by atomic mass is 127. The maximum absolute atomic E-state index is 10.8. The second kappa shape index (κ2) is 12.2. The average molecular weight is 432 g/mol. The Hall–Kier alpha value is -1.31. The lowest BCUT2D eigenvalue weighted by molar-refractivity contribution is -0.118. The predicted octanol–water partition coefficient (Wildman–Crippen LogP) is 2.16. The molecule has 0 heterocycles. The number of halogens is 1. The first-order valence-corrected chi connectivity index (χ1v) is 7.85. The molecule has 0 aliphatic carbocycles. The standard InChI is InChI=1S/C17H28N4O.HI/c1-5-18-17(21-9-8-19-15(4)22)20-7-6-16-11-13(2)10-14(3)12-16;/h10-12H,5-9H2,1-4H3,(H,19,22)(H2,18,20,21);1H. The molecule has 6 heteroatoms. The number of guanidine groups is 1. The van der Waals surface area contributed by atoms with E-state index in [0.717, 1.165) is 25.5 Å². The number of amides is 1. The topological polar surface area (TPSA) is 65.5 Å². The van der Waals surface area contributed by atoms with Gasteiger partial charge in [-0.15, -0.1) is 24.0 Å². The van der Waals surface area contributed by atoms with Crippen LogP contribution in [0.15, 0.2) is 23.2 Å². The number of rotatable bonds is 7. The van der Waals surface area contributed by atoms with E-state index in [2.05, 4.69) is 53.0 Å². The van der Waals surface area contributed by atoms with Gasteiger partial charge in [-0.25, -0.2) is 0 Å². The van der Waals surface area contributed by atoms with Crippen LogP contribution in [0.1, 0.15) is 30.5 Å². The third kappa shape index (κ3) is 10.1. The number of carbonyl (C=O) groups is 1. The second-order valence-corrected chi connectivity index (χ2v) is 5.42. The van der Waals surface area contributed by atoms with E-state index in [1.165, 1.54) is 23.6 Å². The van der Waals surface area contributed by atoms with E-state index in [9.17, 15) is 4.79 Å². The quantitative estimate of drug-likeness (QED) is 0.268. The zero-order chi connectivity index (χ0) is 16.4. The van der Waals surface area contributed by atoms with Crippen molar-refractivity contribution in [3.8, 4) is 0 Å². The molecule has 23 heavy (non-hydrogen) atoms. The first-order valence-electron chi connectivity index (χ1n) is 7.85. The summed E-state index contributed by atoms with van der Waals surface area (Å²) in [6.07, 6.45) is 0.921. The average Bonchev–Trinajstić information content (AvgIpc) is 2.42. The van der Waals surface area contributed by atoms with Crippen LogP contribution in [0.2, 0.25) is 0 Å². The van der Waals surface area contributed by atoms with Crippen molar-refractivity contribution in [1.29, 1.82) is 0 Å². The Morgan fingerprint density at radius 2 is 1.65 bits per heavy atom. The Morgan fingerprint density at radius 3 is 2.22 bits per heavy atom. The van der Waals surface area contributed by atoms with Crippen molar-refractivity contribution in [1.82, 2.24) is 16.0 Å². The molecule has 1 rings (SSSR count). The molecule has 0 fully saturated rings. The smallest absolute Gasteiger partial charge is 0.216 e. The maximum atomic E-state index is 10.8. The van der Waals surface area contributed by atoms with Crippen molar-refractivity contribution in [2.75, 3.05) is 26.2 Å². The van der Waals surface area contributed by atoms with Crippen molar-refractivity contribution >= 4 is 35.8 Å². The van der Waals surface area contributed by atoms with Gasteiger partial charge in [-0.1, -0.05) is 29.3 Å². The summed E-state index contributed by atoms with van der Waals surface area (Å²) in [4.78, 5) is 15.4. The normalized spacial score (nSPS) is 10.7. The Bertz CT molecular complexity index is 497. The van der Waals surface area contributed by atoms with Crippen LogP contribution < -0.4 is 16.0 Å². The fraction of sp³-hybridized carbons (Fsp3) is 0.529. The van der Waals surface area contributed by atoms with Crippen LogP contribution in [-0.2, 0) is 11.2 Å². The SMILES string of the molecule is CCNC(=NCCc1cc(C)cc(C)c1)NCCNC(C)=O.I. The van der Waals surface area contributed by atoms with Gasteiger partial charge in [0.1, 0.15) is 0 Å². The third-order valence-corrected chi connectivity index (χ3v) is 3.09. The molecule has 0 radical (unpaired) electrons. The van der Waals surface area contributed by atoms with Gasteiger partial charge < -0.3 is 16.0 Å². The molecule has 1 aromatic carbocycles. The van der Waals surface area contributed by atoms with E-state index in [0.29, 0.717) is 13.1 Å². The highest BCUT2D eigenvalue weighted by Gasteiger charge is 1.99. The van der Waals surface area contributed by atoms with Crippen molar-refractivity contribution in [3.63, 3.8) is 0 Å². The van der Waals surface area contributed by atoms with Gasteiger partial charge in [0.2, 0.25) is 5.91 Å². The predicted molar refractivity (Wildman–Crippen MR) is 108 cm³/mol. The maximum Gasteiger partial charge on any atom is 0.216 e. The van der Waals surface area contributed by atoms with Crippen LogP contribution in [0.5, 0.6) is 0 Å². The minimum atomic E-state index is -0.0152. The Morgan fingerprint density at radius 1 is 1.04 bits per heavy atom.